The number of hydrogen-bond acceptors (Lipinski definition) is 1. The lowest BCUT2D eigenvalue weighted by atomic mass is 9.74. The number of carboxylic acid groups (broad SMARTS) is 1. The summed E-state index contributed by atoms with van der Waals surface area (Å²) in [6.45, 7) is 0. The van der Waals surface area contributed by atoms with E-state index in [0.29, 0.717) is 11.8 Å². The molecule has 3 nitrogen and oxygen atoms in total. The molecule has 2 aliphatic carbocycles. The molecule has 2 fully saturated rings. The van der Waals surface area contributed by atoms with Crippen LogP contribution in [0.4, 0.5) is 4.79 Å². The number of nitrogens with one attached hydrogen (secondary N) is 1. The largest absolute Gasteiger partial charge is 0.465 e. The van der Waals surface area contributed by atoms with Gasteiger partial charge in [0.15, 0.2) is 0 Å². The molecule has 0 aromatic heterocycles. The smallest absolute Gasteiger partial charge is 0.404 e. The Labute approximate surface area is 104 Å². The molecular formula is C14H25NO2. The van der Waals surface area contributed by atoms with Gasteiger partial charge in [-0.2, -0.15) is 0 Å². The standard InChI is InChI=1S/C14H25NO2/c16-14(17)15-13(11-7-3-1-4-8-11)12-9-5-2-6-10-12/h11-13,15H,1-10H2,(H,16,17). The second-order valence-corrected chi connectivity index (χ2v) is 5.77. The molecule has 2 saturated carbocycles. The molecule has 0 unspecified atom stereocenters. The van der Waals surface area contributed by atoms with Gasteiger partial charge in [0.1, 0.15) is 0 Å². The van der Waals surface area contributed by atoms with Crippen molar-refractivity contribution in [1.82, 2.24) is 5.32 Å². The van der Waals surface area contributed by atoms with Crippen molar-refractivity contribution in [3.63, 3.8) is 0 Å². The van der Waals surface area contributed by atoms with Crippen LogP contribution in [0.25, 0.3) is 0 Å². The van der Waals surface area contributed by atoms with Crippen LogP contribution >= 0.6 is 0 Å². The molecule has 1 amide bonds. The molecule has 3 heteroatoms. The third-order valence-corrected chi connectivity index (χ3v) is 4.61. The number of hydrogen-bond donors (Lipinski definition) is 2. The van der Waals surface area contributed by atoms with Crippen LogP contribution in [0, 0.1) is 11.8 Å². The molecule has 2 aliphatic rings. The summed E-state index contributed by atoms with van der Waals surface area (Å²) in [5.74, 6) is 1.20. The van der Waals surface area contributed by atoms with E-state index in [4.69, 9.17) is 5.11 Å². The van der Waals surface area contributed by atoms with Crippen molar-refractivity contribution in [2.45, 2.75) is 70.3 Å². The van der Waals surface area contributed by atoms with E-state index < -0.39 is 6.09 Å². The molecule has 0 bridgehead atoms. The fraction of sp³-hybridized carbons (Fsp3) is 0.929. The van der Waals surface area contributed by atoms with Crippen molar-refractivity contribution in [3.8, 4) is 0 Å². The van der Waals surface area contributed by atoms with Gasteiger partial charge in [-0.3, -0.25) is 0 Å². The number of rotatable bonds is 3. The van der Waals surface area contributed by atoms with E-state index in [1.165, 1.54) is 64.2 Å². The monoisotopic (exact) mass is 239 g/mol. The topological polar surface area (TPSA) is 49.3 Å². The molecule has 0 heterocycles. The van der Waals surface area contributed by atoms with Gasteiger partial charge >= 0.3 is 6.09 Å². The average Bonchev–Trinajstić information content (AvgIpc) is 2.38. The second-order valence-electron chi connectivity index (χ2n) is 5.77. The summed E-state index contributed by atoms with van der Waals surface area (Å²) < 4.78 is 0. The lowest BCUT2D eigenvalue weighted by molar-refractivity contribution is 0.146. The van der Waals surface area contributed by atoms with Crippen molar-refractivity contribution >= 4 is 6.09 Å². The fourth-order valence-corrected chi connectivity index (χ4v) is 3.75. The Morgan fingerprint density at radius 1 is 0.882 bits per heavy atom. The first-order valence-corrected chi connectivity index (χ1v) is 7.27. The molecule has 0 atom stereocenters. The molecule has 2 N–H and O–H groups in total. The Bertz CT molecular complexity index is 225. The highest BCUT2D eigenvalue weighted by molar-refractivity contribution is 5.64. The molecule has 2 rings (SSSR count). The third kappa shape index (κ3) is 3.62. The highest BCUT2D eigenvalue weighted by atomic mass is 16.4. The molecule has 0 saturated heterocycles. The predicted molar refractivity (Wildman–Crippen MR) is 68.1 cm³/mol. The summed E-state index contributed by atoms with van der Waals surface area (Å²) in [6, 6.07) is 0.230. The van der Waals surface area contributed by atoms with Gasteiger partial charge in [0.05, 0.1) is 0 Å². The van der Waals surface area contributed by atoms with Gasteiger partial charge < -0.3 is 10.4 Å². The number of amides is 1. The van der Waals surface area contributed by atoms with Gasteiger partial charge in [-0.15, -0.1) is 0 Å². The zero-order valence-corrected chi connectivity index (χ0v) is 10.7. The molecular weight excluding hydrogens is 214 g/mol. The average molecular weight is 239 g/mol. The molecule has 0 aromatic rings. The van der Waals surface area contributed by atoms with Crippen LogP contribution in [0.15, 0.2) is 0 Å². The van der Waals surface area contributed by atoms with E-state index in [2.05, 4.69) is 5.32 Å². The van der Waals surface area contributed by atoms with Crippen LogP contribution in [-0.4, -0.2) is 17.2 Å². The van der Waals surface area contributed by atoms with E-state index in [1.807, 2.05) is 0 Å². The lowest BCUT2D eigenvalue weighted by Gasteiger charge is -2.37. The minimum atomic E-state index is -0.828. The summed E-state index contributed by atoms with van der Waals surface area (Å²) in [7, 11) is 0. The second kappa shape index (κ2) is 6.27. The van der Waals surface area contributed by atoms with Gasteiger partial charge in [0.2, 0.25) is 0 Å². The van der Waals surface area contributed by atoms with Gasteiger partial charge in [-0.1, -0.05) is 38.5 Å². The summed E-state index contributed by atoms with van der Waals surface area (Å²) in [5, 5.41) is 11.9. The fourth-order valence-electron chi connectivity index (χ4n) is 3.75. The Kier molecular flexibility index (Phi) is 4.69. The Morgan fingerprint density at radius 3 is 1.65 bits per heavy atom. The molecule has 98 valence electrons. The summed E-state index contributed by atoms with van der Waals surface area (Å²) in [4.78, 5) is 11.0. The molecule has 0 aliphatic heterocycles. The highest BCUT2D eigenvalue weighted by Crippen LogP contribution is 2.35. The zero-order chi connectivity index (χ0) is 12.1. The van der Waals surface area contributed by atoms with Crippen LogP contribution in [0.1, 0.15) is 64.2 Å². The van der Waals surface area contributed by atoms with E-state index in [0.717, 1.165) is 0 Å². The quantitative estimate of drug-likeness (QED) is 0.787. The van der Waals surface area contributed by atoms with Gasteiger partial charge in [-0.05, 0) is 37.5 Å². The van der Waals surface area contributed by atoms with Crippen molar-refractivity contribution in [2.24, 2.45) is 11.8 Å². The molecule has 17 heavy (non-hydrogen) atoms. The van der Waals surface area contributed by atoms with Gasteiger partial charge in [-0.25, -0.2) is 4.79 Å². The minimum absolute atomic E-state index is 0.230. The zero-order valence-electron chi connectivity index (χ0n) is 10.7. The Balaban J connectivity index is 1.97. The van der Waals surface area contributed by atoms with Crippen LogP contribution in [-0.2, 0) is 0 Å². The first-order valence-electron chi connectivity index (χ1n) is 7.27. The van der Waals surface area contributed by atoms with Crippen molar-refractivity contribution < 1.29 is 9.90 Å². The van der Waals surface area contributed by atoms with Crippen LogP contribution < -0.4 is 5.32 Å². The van der Waals surface area contributed by atoms with E-state index in [9.17, 15) is 4.79 Å². The summed E-state index contributed by atoms with van der Waals surface area (Å²) in [5.41, 5.74) is 0. The first-order chi connectivity index (χ1) is 8.27. The van der Waals surface area contributed by atoms with Crippen molar-refractivity contribution in [3.05, 3.63) is 0 Å². The minimum Gasteiger partial charge on any atom is -0.465 e. The lowest BCUT2D eigenvalue weighted by Crippen LogP contribution is -2.46. The van der Waals surface area contributed by atoms with Gasteiger partial charge in [0, 0.05) is 6.04 Å². The first kappa shape index (κ1) is 12.7. The maximum Gasteiger partial charge on any atom is 0.404 e. The van der Waals surface area contributed by atoms with Crippen molar-refractivity contribution in [2.75, 3.05) is 0 Å². The summed E-state index contributed by atoms with van der Waals surface area (Å²) >= 11 is 0. The third-order valence-electron chi connectivity index (χ3n) is 4.61. The maximum absolute atomic E-state index is 11.0. The van der Waals surface area contributed by atoms with Gasteiger partial charge in [0.25, 0.3) is 0 Å². The highest BCUT2D eigenvalue weighted by Gasteiger charge is 2.32. The predicted octanol–water partition coefficient (Wildman–Crippen LogP) is 3.78. The van der Waals surface area contributed by atoms with Crippen LogP contribution in [0.5, 0.6) is 0 Å². The van der Waals surface area contributed by atoms with E-state index in [-0.39, 0.29) is 6.04 Å². The van der Waals surface area contributed by atoms with E-state index >= 15 is 0 Å². The maximum atomic E-state index is 11.0. The summed E-state index contributed by atoms with van der Waals surface area (Å²) in [6.07, 6.45) is 11.9. The Morgan fingerprint density at radius 2 is 1.29 bits per heavy atom. The number of carbonyl (C=O) groups is 1. The van der Waals surface area contributed by atoms with Crippen LogP contribution in [0.3, 0.4) is 0 Å². The SMILES string of the molecule is O=C(O)NC(C1CCCCC1)C1CCCCC1. The van der Waals surface area contributed by atoms with Crippen LogP contribution in [0.2, 0.25) is 0 Å². The molecule has 0 radical (unpaired) electrons. The molecule has 0 aromatic carbocycles. The Hall–Kier alpha value is -0.730. The van der Waals surface area contributed by atoms with Crippen molar-refractivity contribution in [1.29, 1.82) is 0 Å². The van der Waals surface area contributed by atoms with E-state index in [1.54, 1.807) is 0 Å². The normalized spacial score (nSPS) is 23.8. The molecule has 0 spiro atoms.